The van der Waals surface area contributed by atoms with Gasteiger partial charge < -0.3 is 24.8 Å². The first-order valence-corrected chi connectivity index (χ1v) is 7.74. The predicted molar refractivity (Wildman–Crippen MR) is 87.6 cm³/mol. The Kier molecular flexibility index (Phi) is 6.92. The van der Waals surface area contributed by atoms with Crippen LogP contribution in [0.25, 0.3) is 0 Å². The molecule has 0 bridgehead atoms. The summed E-state index contributed by atoms with van der Waals surface area (Å²) in [5.41, 5.74) is 0.0181. The van der Waals surface area contributed by atoms with Gasteiger partial charge in [-0.2, -0.15) is 5.26 Å². The summed E-state index contributed by atoms with van der Waals surface area (Å²) in [6, 6.07) is 9.32. The van der Waals surface area contributed by atoms with Crippen molar-refractivity contribution in [3.63, 3.8) is 0 Å². The molecule has 1 aliphatic rings. The third-order valence-corrected chi connectivity index (χ3v) is 3.34. The lowest BCUT2D eigenvalue weighted by molar-refractivity contribution is -0.117. The molecule has 2 rings (SSSR count). The number of fused-ring (bicyclic) bond motifs is 1. The number of carbonyl (C=O) groups excluding carboxylic acids is 1. The van der Waals surface area contributed by atoms with Gasteiger partial charge in [0.05, 0.1) is 6.54 Å². The molecule has 1 aromatic rings. The number of carbonyl (C=O) groups is 1. The van der Waals surface area contributed by atoms with Crippen molar-refractivity contribution in [2.24, 2.45) is 0 Å². The molecule has 7 nitrogen and oxygen atoms in total. The summed E-state index contributed by atoms with van der Waals surface area (Å²) in [6.45, 7) is 1.85. The van der Waals surface area contributed by atoms with Gasteiger partial charge in [0.2, 0.25) is 0 Å². The van der Waals surface area contributed by atoms with Crippen molar-refractivity contribution in [1.82, 2.24) is 10.6 Å². The van der Waals surface area contributed by atoms with E-state index < -0.39 is 5.91 Å². The van der Waals surface area contributed by atoms with Crippen LogP contribution >= 0.6 is 0 Å². The third kappa shape index (κ3) is 5.18. The van der Waals surface area contributed by atoms with Crippen molar-refractivity contribution in [1.29, 1.82) is 5.26 Å². The molecule has 0 saturated heterocycles. The van der Waals surface area contributed by atoms with Crippen molar-refractivity contribution in [3.05, 3.63) is 36.0 Å². The highest BCUT2D eigenvalue weighted by atomic mass is 16.6. The fourth-order valence-electron chi connectivity index (χ4n) is 2.12. The molecule has 1 amide bonds. The van der Waals surface area contributed by atoms with Crippen LogP contribution in [-0.4, -0.2) is 45.4 Å². The Labute approximate surface area is 141 Å². The van der Waals surface area contributed by atoms with E-state index in [0.29, 0.717) is 38.5 Å². The molecule has 128 valence electrons. The SMILES string of the molecule is COCCCNC(=O)/C(C#N)=C\NCC1COc2ccccc2O1. The summed E-state index contributed by atoms with van der Waals surface area (Å²) < 4.78 is 16.3. The Morgan fingerprint density at radius 1 is 1.46 bits per heavy atom. The van der Waals surface area contributed by atoms with Crippen molar-refractivity contribution >= 4 is 5.91 Å². The van der Waals surface area contributed by atoms with Gasteiger partial charge in [0.1, 0.15) is 24.4 Å². The standard InChI is InChI=1S/C17H21N3O4/c1-22-8-4-7-20-17(21)13(9-18)10-19-11-14-12-23-15-5-2-3-6-16(15)24-14/h2-3,5-6,10,14,19H,4,7-8,11-12H2,1H3,(H,20,21)/b13-10-. The number of ether oxygens (including phenoxy) is 3. The van der Waals surface area contributed by atoms with Gasteiger partial charge >= 0.3 is 0 Å². The minimum absolute atomic E-state index is 0.0181. The van der Waals surface area contributed by atoms with E-state index in [9.17, 15) is 4.79 Å². The van der Waals surface area contributed by atoms with Gasteiger partial charge in [-0.05, 0) is 18.6 Å². The lowest BCUT2D eigenvalue weighted by atomic mass is 10.2. The van der Waals surface area contributed by atoms with Crippen LogP contribution in [0.2, 0.25) is 0 Å². The highest BCUT2D eigenvalue weighted by molar-refractivity contribution is 5.97. The number of nitrogens with one attached hydrogen (secondary N) is 2. The maximum atomic E-state index is 11.8. The molecular formula is C17H21N3O4. The van der Waals surface area contributed by atoms with Gasteiger partial charge in [0, 0.05) is 26.5 Å². The summed E-state index contributed by atoms with van der Waals surface area (Å²) in [6.07, 6.45) is 1.90. The molecule has 1 aromatic carbocycles. The fourth-order valence-corrected chi connectivity index (χ4v) is 2.12. The summed E-state index contributed by atoms with van der Waals surface area (Å²) in [5.74, 6) is 1.00. The molecule has 0 fully saturated rings. The molecule has 1 aliphatic heterocycles. The minimum Gasteiger partial charge on any atom is -0.486 e. The fraction of sp³-hybridized carbons (Fsp3) is 0.412. The van der Waals surface area contributed by atoms with Crippen molar-refractivity contribution in [3.8, 4) is 17.6 Å². The van der Waals surface area contributed by atoms with Crippen LogP contribution in [0, 0.1) is 11.3 Å². The second kappa shape index (κ2) is 9.43. The summed E-state index contributed by atoms with van der Waals surface area (Å²) in [4.78, 5) is 11.8. The topological polar surface area (TPSA) is 92.6 Å². The number of amides is 1. The summed E-state index contributed by atoms with van der Waals surface area (Å²) >= 11 is 0. The minimum atomic E-state index is -0.410. The van der Waals surface area contributed by atoms with Crippen LogP contribution in [0.3, 0.4) is 0 Å². The molecule has 2 N–H and O–H groups in total. The molecule has 0 spiro atoms. The van der Waals surface area contributed by atoms with Gasteiger partial charge in [-0.15, -0.1) is 0 Å². The average Bonchev–Trinajstić information content (AvgIpc) is 2.62. The molecule has 24 heavy (non-hydrogen) atoms. The quantitative estimate of drug-likeness (QED) is 0.419. The van der Waals surface area contributed by atoms with Crippen LogP contribution in [0.1, 0.15) is 6.42 Å². The zero-order valence-electron chi connectivity index (χ0n) is 13.6. The Hall–Kier alpha value is -2.72. The normalized spacial score (nSPS) is 16.2. The largest absolute Gasteiger partial charge is 0.486 e. The highest BCUT2D eigenvalue weighted by Gasteiger charge is 2.20. The molecular weight excluding hydrogens is 310 g/mol. The average molecular weight is 331 g/mol. The molecule has 0 radical (unpaired) electrons. The third-order valence-electron chi connectivity index (χ3n) is 3.34. The Morgan fingerprint density at radius 3 is 3.00 bits per heavy atom. The van der Waals surface area contributed by atoms with Crippen molar-refractivity contribution in [2.45, 2.75) is 12.5 Å². The molecule has 0 aliphatic carbocycles. The lowest BCUT2D eigenvalue weighted by Crippen LogP contribution is -2.37. The first-order chi connectivity index (χ1) is 11.7. The maximum Gasteiger partial charge on any atom is 0.263 e. The van der Waals surface area contributed by atoms with Gasteiger partial charge in [-0.1, -0.05) is 12.1 Å². The molecule has 1 heterocycles. The number of para-hydroxylation sites is 2. The lowest BCUT2D eigenvalue weighted by Gasteiger charge is -2.26. The molecule has 1 unspecified atom stereocenters. The van der Waals surface area contributed by atoms with Crippen LogP contribution in [0.15, 0.2) is 36.0 Å². The molecule has 7 heteroatoms. The number of benzene rings is 1. The van der Waals surface area contributed by atoms with Gasteiger partial charge in [-0.3, -0.25) is 4.79 Å². The van der Waals surface area contributed by atoms with E-state index in [0.717, 1.165) is 5.75 Å². The molecule has 1 atom stereocenters. The van der Waals surface area contributed by atoms with Crippen LogP contribution in [0.4, 0.5) is 0 Å². The smallest absolute Gasteiger partial charge is 0.263 e. The predicted octanol–water partition coefficient (Wildman–Crippen LogP) is 0.976. The number of hydrogen-bond donors (Lipinski definition) is 2. The maximum absolute atomic E-state index is 11.8. The number of hydrogen-bond acceptors (Lipinski definition) is 6. The van der Waals surface area contributed by atoms with E-state index in [2.05, 4.69) is 10.6 Å². The number of nitriles is 1. The first-order valence-electron chi connectivity index (χ1n) is 7.74. The number of rotatable bonds is 8. The van der Waals surface area contributed by atoms with E-state index in [-0.39, 0.29) is 11.7 Å². The van der Waals surface area contributed by atoms with Crippen LogP contribution in [-0.2, 0) is 9.53 Å². The molecule has 0 aromatic heterocycles. The van der Waals surface area contributed by atoms with Crippen molar-refractivity contribution < 1.29 is 19.0 Å². The Balaban J connectivity index is 1.77. The van der Waals surface area contributed by atoms with E-state index >= 15 is 0 Å². The monoisotopic (exact) mass is 331 g/mol. The van der Waals surface area contributed by atoms with Gasteiger partial charge in [-0.25, -0.2) is 0 Å². The van der Waals surface area contributed by atoms with E-state index in [1.165, 1.54) is 6.20 Å². The summed E-state index contributed by atoms with van der Waals surface area (Å²) in [7, 11) is 1.60. The zero-order valence-corrected chi connectivity index (χ0v) is 13.6. The Bertz CT molecular complexity index is 625. The van der Waals surface area contributed by atoms with E-state index in [1.807, 2.05) is 30.3 Å². The molecule has 0 saturated carbocycles. The van der Waals surface area contributed by atoms with E-state index in [1.54, 1.807) is 7.11 Å². The van der Waals surface area contributed by atoms with Crippen LogP contribution in [0.5, 0.6) is 11.5 Å². The van der Waals surface area contributed by atoms with E-state index in [4.69, 9.17) is 19.5 Å². The van der Waals surface area contributed by atoms with Crippen molar-refractivity contribution in [2.75, 3.05) is 33.4 Å². The number of methoxy groups -OCH3 is 1. The second-order valence-corrected chi connectivity index (χ2v) is 5.18. The Morgan fingerprint density at radius 2 is 2.25 bits per heavy atom. The van der Waals surface area contributed by atoms with Crippen LogP contribution < -0.4 is 20.1 Å². The first kappa shape index (κ1) is 17.6. The second-order valence-electron chi connectivity index (χ2n) is 5.18. The van der Waals surface area contributed by atoms with Gasteiger partial charge in [0.15, 0.2) is 11.5 Å². The van der Waals surface area contributed by atoms with Gasteiger partial charge in [0.25, 0.3) is 5.91 Å². The highest BCUT2D eigenvalue weighted by Crippen LogP contribution is 2.30. The summed E-state index contributed by atoms with van der Waals surface area (Å²) in [5, 5.41) is 14.7. The number of nitrogens with zero attached hydrogens (tertiary/aromatic N) is 1. The zero-order chi connectivity index (χ0) is 17.2.